The van der Waals surface area contributed by atoms with E-state index < -0.39 is 5.60 Å². The van der Waals surface area contributed by atoms with Crippen molar-refractivity contribution in [1.82, 2.24) is 0 Å². The van der Waals surface area contributed by atoms with Gasteiger partial charge < -0.3 is 9.64 Å². The number of carbonyl (C=O) groups is 3. The van der Waals surface area contributed by atoms with Crippen LogP contribution in [0.5, 0.6) is 0 Å². The van der Waals surface area contributed by atoms with Crippen molar-refractivity contribution in [3.8, 4) is 0 Å². The third-order valence-electron chi connectivity index (χ3n) is 11.1. The number of carbonyl (C=O) groups excluding carboxylic acids is 3. The summed E-state index contributed by atoms with van der Waals surface area (Å²) in [6.07, 6.45) is 8.01. The van der Waals surface area contributed by atoms with Gasteiger partial charge >= 0.3 is 5.97 Å². The van der Waals surface area contributed by atoms with Gasteiger partial charge in [-0.25, -0.2) is 0 Å². The molecule has 37 heavy (non-hydrogen) atoms. The van der Waals surface area contributed by atoms with E-state index in [0.29, 0.717) is 36.5 Å². The standard InChI is InChI=1S/C32H43NO4/c1-6-33(24-10-8-7-9-11-24)20-23-18-26-27(30(4)15-12-25(36)19-29(23)30)13-16-31(5)28(26)14-17-32(31,21(2)34)37-22(3)35/h7-11,19,23,26-28H,6,12-18,20H2,1-5H3/t23?,26-,27+,28+,30-,31+,32+/m1/s1. The normalized spacial score (nSPS) is 38.6. The molecule has 5 rings (SSSR count). The van der Waals surface area contributed by atoms with E-state index in [4.69, 9.17) is 4.74 Å². The molecule has 0 bridgehead atoms. The number of ketones is 2. The number of ether oxygens (including phenoxy) is 1. The molecule has 5 heteroatoms. The molecular weight excluding hydrogens is 462 g/mol. The van der Waals surface area contributed by atoms with Gasteiger partial charge in [0.25, 0.3) is 0 Å². The maximum Gasteiger partial charge on any atom is 0.303 e. The van der Waals surface area contributed by atoms with Crippen molar-refractivity contribution in [3.63, 3.8) is 0 Å². The Morgan fingerprint density at radius 1 is 1.03 bits per heavy atom. The quantitative estimate of drug-likeness (QED) is 0.433. The van der Waals surface area contributed by atoms with Gasteiger partial charge in [-0.2, -0.15) is 0 Å². The first-order chi connectivity index (χ1) is 17.6. The second-order valence-electron chi connectivity index (χ2n) is 12.6. The molecule has 0 N–H and O–H groups in total. The van der Waals surface area contributed by atoms with Crippen LogP contribution in [0.2, 0.25) is 0 Å². The van der Waals surface area contributed by atoms with Gasteiger partial charge in [0.2, 0.25) is 0 Å². The zero-order valence-corrected chi connectivity index (χ0v) is 23.2. The molecule has 0 aliphatic heterocycles. The highest BCUT2D eigenvalue weighted by Gasteiger charge is 2.68. The van der Waals surface area contributed by atoms with Gasteiger partial charge in [-0.15, -0.1) is 0 Å². The lowest BCUT2D eigenvalue weighted by Crippen LogP contribution is -2.59. The summed E-state index contributed by atoms with van der Waals surface area (Å²) in [7, 11) is 0. The summed E-state index contributed by atoms with van der Waals surface area (Å²) in [5.74, 6) is 1.47. The number of nitrogens with zero attached hydrogens (tertiary/aromatic N) is 1. The molecule has 1 unspecified atom stereocenters. The highest BCUT2D eigenvalue weighted by atomic mass is 16.6. The van der Waals surface area contributed by atoms with Gasteiger partial charge in [-0.1, -0.05) is 37.6 Å². The van der Waals surface area contributed by atoms with Gasteiger partial charge in [0, 0.05) is 37.5 Å². The van der Waals surface area contributed by atoms with Crippen LogP contribution in [0.25, 0.3) is 0 Å². The van der Waals surface area contributed by atoms with Crippen molar-refractivity contribution in [3.05, 3.63) is 42.0 Å². The number of fused-ring (bicyclic) bond motifs is 5. The number of Topliss-reactive ketones (excluding diaryl/α,β-unsaturated/α-hetero) is 1. The Morgan fingerprint density at radius 3 is 2.38 bits per heavy atom. The monoisotopic (exact) mass is 505 g/mol. The predicted molar refractivity (Wildman–Crippen MR) is 145 cm³/mol. The molecule has 0 spiro atoms. The lowest BCUT2D eigenvalue weighted by molar-refractivity contribution is -0.187. The van der Waals surface area contributed by atoms with Crippen molar-refractivity contribution >= 4 is 23.2 Å². The Hall–Kier alpha value is -2.43. The predicted octanol–water partition coefficient (Wildman–Crippen LogP) is 6.16. The number of benzene rings is 1. The van der Waals surface area contributed by atoms with Crippen LogP contribution in [-0.2, 0) is 19.1 Å². The number of rotatable bonds is 6. The van der Waals surface area contributed by atoms with Crippen molar-refractivity contribution in [2.24, 2.45) is 34.5 Å². The molecule has 0 radical (unpaired) electrons. The highest BCUT2D eigenvalue weighted by molar-refractivity contribution is 5.92. The minimum atomic E-state index is -1.01. The molecule has 7 atom stereocenters. The van der Waals surface area contributed by atoms with E-state index in [2.05, 4.69) is 56.0 Å². The Morgan fingerprint density at radius 2 is 1.73 bits per heavy atom. The summed E-state index contributed by atoms with van der Waals surface area (Å²) in [6, 6.07) is 10.6. The third kappa shape index (κ3) is 3.99. The van der Waals surface area contributed by atoms with Crippen LogP contribution in [0.3, 0.4) is 0 Å². The van der Waals surface area contributed by atoms with Crippen LogP contribution in [0.4, 0.5) is 5.69 Å². The van der Waals surface area contributed by atoms with Crippen LogP contribution < -0.4 is 4.90 Å². The number of para-hydroxylation sites is 1. The molecule has 0 heterocycles. The van der Waals surface area contributed by atoms with E-state index in [1.54, 1.807) is 6.92 Å². The summed E-state index contributed by atoms with van der Waals surface area (Å²) in [6.45, 7) is 11.7. The zero-order chi connectivity index (χ0) is 26.6. The first kappa shape index (κ1) is 26.2. The first-order valence-electron chi connectivity index (χ1n) is 14.3. The van der Waals surface area contributed by atoms with E-state index >= 15 is 0 Å². The maximum atomic E-state index is 13.1. The highest BCUT2D eigenvalue weighted by Crippen LogP contribution is 2.69. The van der Waals surface area contributed by atoms with Crippen molar-refractivity contribution in [2.45, 2.75) is 85.2 Å². The number of hydrogen-bond acceptors (Lipinski definition) is 5. The fraction of sp³-hybridized carbons (Fsp3) is 0.656. The van der Waals surface area contributed by atoms with Gasteiger partial charge in [0.05, 0.1) is 0 Å². The first-order valence-corrected chi connectivity index (χ1v) is 14.3. The number of hydrogen-bond donors (Lipinski definition) is 0. The van der Waals surface area contributed by atoms with Crippen LogP contribution in [-0.4, -0.2) is 36.2 Å². The minimum Gasteiger partial charge on any atom is -0.451 e. The summed E-state index contributed by atoms with van der Waals surface area (Å²) in [5, 5.41) is 0. The SMILES string of the molecule is CCN(CC1C[C@@H]2[C@H](CC[C@@]3(C)[C@H]2CC[C@]3(OC(C)=O)C(C)=O)[C@@]2(C)CCC(=O)C=C12)c1ccccc1. The molecule has 0 saturated heterocycles. The molecule has 5 nitrogen and oxygen atoms in total. The average molecular weight is 506 g/mol. The topological polar surface area (TPSA) is 63.7 Å². The van der Waals surface area contributed by atoms with Crippen LogP contribution in [0.15, 0.2) is 42.0 Å². The summed E-state index contributed by atoms with van der Waals surface area (Å²) in [4.78, 5) is 40.5. The van der Waals surface area contributed by atoms with Gasteiger partial charge in [-0.05, 0) is 99.7 Å². The molecule has 1 aromatic rings. The maximum absolute atomic E-state index is 13.1. The van der Waals surface area contributed by atoms with Gasteiger partial charge in [0.1, 0.15) is 0 Å². The molecule has 3 fully saturated rings. The Labute approximate surface area is 222 Å². The molecule has 200 valence electrons. The fourth-order valence-corrected chi connectivity index (χ4v) is 9.34. The summed E-state index contributed by atoms with van der Waals surface area (Å²) >= 11 is 0. The smallest absolute Gasteiger partial charge is 0.303 e. The van der Waals surface area contributed by atoms with Crippen molar-refractivity contribution in [1.29, 1.82) is 0 Å². The number of anilines is 1. The van der Waals surface area contributed by atoms with Gasteiger partial charge in [0.15, 0.2) is 17.2 Å². The van der Waals surface area contributed by atoms with Gasteiger partial charge in [-0.3, -0.25) is 14.4 Å². The minimum absolute atomic E-state index is 0.00181. The lowest BCUT2D eigenvalue weighted by atomic mass is 9.44. The van der Waals surface area contributed by atoms with E-state index in [-0.39, 0.29) is 28.4 Å². The molecule has 1 aromatic carbocycles. The molecule has 4 aliphatic rings. The third-order valence-corrected chi connectivity index (χ3v) is 11.1. The van der Waals surface area contributed by atoms with Crippen molar-refractivity contribution in [2.75, 3.05) is 18.0 Å². The van der Waals surface area contributed by atoms with Crippen LogP contribution in [0.1, 0.15) is 79.6 Å². The summed E-state index contributed by atoms with van der Waals surface area (Å²) in [5.41, 5.74) is 1.22. The Balaban J connectivity index is 1.53. The average Bonchev–Trinajstić information content (AvgIpc) is 3.16. The fourth-order valence-electron chi connectivity index (χ4n) is 9.34. The van der Waals surface area contributed by atoms with Crippen LogP contribution in [0, 0.1) is 34.5 Å². The largest absolute Gasteiger partial charge is 0.451 e. The van der Waals surface area contributed by atoms with Crippen LogP contribution >= 0.6 is 0 Å². The van der Waals surface area contributed by atoms with E-state index in [9.17, 15) is 14.4 Å². The Kier molecular flexibility index (Phi) is 6.65. The number of esters is 1. The second kappa shape index (κ2) is 9.39. The molecule has 4 aliphatic carbocycles. The molecule has 0 aromatic heterocycles. The molecule has 0 amide bonds. The summed E-state index contributed by atoms with van der Waals surface area (Å²) < 4.78 is 5.97. The van der Waals surface area contributed by atoms with E-state index in [0.717, 1.165) is 45.2 Å². The van der Waals surface area contributed by atoms with Crippen molar-refractivity contribution < 1.29 is 19.1 Å². The second-order valence-corrected chi connectivity index (χ2v) is 12.6. The molecule has 3 saturated carbocycles. The Bertz CT molecular complexity index is 1110. The molecular formula is C32H43NO4. The lowest BCUT2D eigenvalue weighted by Gasteiger charge is -2.61. The zero-order valence-electron chi connectivity index (χ0n) is 23.2. The van der Waals surface area contributed by atoms with E-state index in [1.807, 2.05) is 6.08 Å². The van der Waals surface area contributed by atoms with E-state index in [1.165, 1.54) is 18.2 Å².